The summed E-state index contributed by atoms with van der Waals surface area (Å²) in [5, 5.41) is 8.94. The Morgan fingerprint density at radius 3 is 2.20 bits per heavy atom. The van der Waals surface area contributed by atoms with Crippen LogP contribution in [-0.4, -0.2) is 33.2 Å². The van der Waals surface area contributed by atoms with Crippen molar-refractivity contribution in [3.8, 4) is 29.1 Å². The standard InChI is InChI=1S/C22H22N2O6/c1-27-17-7-4-14(11-19(17)28-2)6-9-21(25)30-18-8-5-15(12-20(18)29-3)10-16(13-23)22(24)26/h4-5,7-8,10-12H,6,9H2,1-3H3,(H2,24,26)/b16-10+. The fraction of sp³-hybridized carbons (Fsp3) is 0.227. The lowest BCUT2D eigenvalue weighted by Gasteiger charge is -2.11. The number of methoxy groups -OCH3 is 3. The van der Waals surface area contributed by atoms with Crippen molar-refractivity contribution in [1.82, 2.24) is 0 Å². The van der Waals surface area contributed by atoms with Crippen LogP contribution >= 0.6 is 0 Å². The molecule has 2 aromatic rings. The van der Waals surface area contributed by atoms with Crippen LogP contribution in [0, 0.1) is 11.3 Å². The first kappa shape index (κ1) is 22.3. The Labute approximate surface area is 174 Å². The fourth-order valence-corrected chi connectivity index (χ4v) is 2.64. The van der Waals surface area contributed by atoms with Gasteiger partial charge in [-0.1, -0.05) is 12.1 Å². The Bertz CT molecular complexity index is 1010. The number of nitrogens with two attached hydrogens (primary N) is 1. The topological polar surface area (TPSA) is 121 Å². The molecule has 0 atom stereocenters. The molecule has 0 heterocycles. The first-order chi connectivity index (χ1) is 14.4. The largest absolute Gasteiger partial charge is 0.493 e. The van der Waals surface area contributed by atoms with Crippen molar-refractivity contribution in [3.05, 3.63) is 53.1 Å². The highest BCUT2D eigenvalue weighted by Gasteiger charge is 2.13. The summed E-state index contributed by atoms with van der Waals surface area (Å²) in [6.45, 7) is 0. The molecule has 1 amide bonds. The van der Waals surface area contributed by atoms with Gasteiger partial charge in [-0.15, -0.1) is 0 Å². The van der Waals surface area contributed by atoms with Crippen molar-refractivity contribution in [3.63, 3.8) is 0 Å². The molecule has 0 aliphatic heterocycles. The summed E-state index contributed by atoms with van der Waals surface area (Å²) in [5.41, 5.74) is 6.34. The van der Waals surface area contributed by atoms with Gasteiger partial charge in [-0.05, 0) is 47.9 Å². The van der Waals surface area contributed by atoms with E-state index in [1.54, 1.807) is 38.5 Å². The van der Waals surface area contributed by atoms with Gasteiger partial charge >= 0.3 is 5.97 Å². The summed E-state index contributed by atoms with van der Waals surface area (Å²) in [7, 11) is 4.52. The Balaban J connectivity index is 2.08. The molecule has 0 spiro atoms. The Morgan fingerprint density at radius 1 is 0.967 bits per heavy atom. The predicted molar refractivity (Wildman–Crippen MR) is 109 cm³/mol. The number of nitriles is 1. The number of primary amides is 1. The quantitative estimate of drug-likeness (QED) is 0.292. The summed E-state index contributed by atoms with van der Waals surface area (Å²) in [6, 6.07) is 11.8. The van der Waals surface area contributed by atoms with E-state index in [1.807, 2.05) is 6.07 Å². The maximum Gasteiger partial charge on any atom is 0.311 e. The molecule has 8 nitrogen and oxygen atoms in total. The number of amides is 1. The van der Waals surface area contributed by atoms with Crippen LogP contribution in [0.5, 0.6) is 23.0 Å². The average molecular weight is 410 g/mol. The third kappa shape index (κ3) is 5.75. The predicted octanol–water partition coefficient (Wildman–Crippen LogP) is 2.64. The molecule has 2 N–H and O–H groups in total. The summed E-state index contributed by atoms with van der Waals surface area (Å²) in [5.74, 6) is 0.429. The number of nitrogens with zero attached hydrogens (tertiary/aromatic N) is 1. The Morgan fingerprint density at radius 2 is 1.60 bits per heavy atom. The molecule has 8 heteroatoms. The minimum atomic E-state index is -0.831. The number of ether oxygens (including phenoxy) is 4. The molecule has 0 aliphatic rings. The number of hydrogen-bond acceptors (Lipinski definition) is 7. The molecule has 0 aliphatic carbocycles. The smallest absolute Gasteiger partial charge is 0.311 e. The van der Waals surface area contributed by atoms with Crippen LogP contribution in [0.15, 0.2) is 42.0 Å². The highest BCUT2D eigenvalue weighted by atomic mass is 16.6. The Hall–Kier alpha value is -3.99. The van der Waals surface area contributed by atoms with E-state index in [9.17, 15) is 9.59 Å². The van der Waals surface area contributed by atoms with Crippen LogP contribution in [0.2, 0.25) is 0 Å². The zero-order valence-corrected chi connectivity index (χ0v) is 16.9. The van der Waals surface area contributed by atoms with Crippen LogP contribution in [-0.2, 0) is 16.0 Å². The minimum Gasteiger partial charge on any atom is -0.493 e. The number of benzene rings is 2. The molecule has 156 valence electrons. The van der Waals surface area contributed by atoms with Gasteiger partial charge in [-0.3, -0.25) is 9.59 Å². The van der Waals surface area contributed by atoms with Crippen molar-refractivity contribution < 1.29 is 28.5 Å². The van der Waals surface area contributed by atoms with Crippen molar-refractivity contribution in [2.45, 2.75) is 12.8 Å². The summed E-state index contributed by atoms with van der Waals surface area (Å²) in [4.78, 5) is 23.5. The molecular formula is C22H22N2O6. The van der Waals surface area contributed by atoms with Gasteiger partial charge in [0.1, 0.15) is 11.6 Å². The van der Waals surface area contributed by atoms with Gasteiger partial charge in [-0.25, -0.2) is 0 Å². The molecule has 0 saturated carbocycles. The molecule has 2 aromatic carbocycles. The first-order valence-corrected chi connectivity index (χ1v) is 8.93. The van der Waals surface area contributed by atoms with Crippen LogP contribution in [0.25, 0.3) is 6.08 Å². The lowest BCUT2D eigenvalue weighted by Crippen LogP contribution is -2.12. The number of aryl methyl sites for hydroxylation is 1. The van der Waals surface area contributed by atoms with Gasteiger partial charge < -0.3 is 24.7 Å². The highest BCUT2D eigenvalue weighted by Crippen LogP contribution is 2.30. The van der Waals surface area contributed by atoms with Gasteiger partial charge in [0.05, 0.1) is 21.3 Å². The molecule has 30 heavy (non-hydrogen) atoms. The molecule has 0 saturated heterocycles. The second kappa shape index (κ2) is 10.5. The molecule has 2 rings (SSSR count). The fourth-order valence-electron chi connectivity index (χ4n) is 2.64. The van der Waals surface area contributed by atoms with E-state index >= 15 is 0 Å². The van der Waals surface area contributed by atoms with Gasteiger partial charge in [0.25, 0.3) is 5.91 Å². The zero-order chi connectivity index (χ0) is 22.1. The number of hydrogen-bond donors (Lipinski definition) is 1. The second-order valence-electron chi connectivity index (χ2n) is 6.11. The molecule has 0 unspecified atom stereocenters. The normalized spacial score (nSPS) is 10.7. The molecular weight excluding hydrogens is 388 g/mol. The highest BCUT2D eigenvalue weighted by molar-refractivity contribution is 6.00. The summed E-state index contributed by atoms with van der Waals surface area (Å²) < 4.78 is 21.1. The number of rotatable bonds is 9. The number of carbonyl (C=O) groups excluding carboxylic acids is 2. The van der Waals surface area contributed by atoms with E-state index in [-0.39, 0.29) is 23.5 Å². The van der Waals surface area contributed by atoms with Crippen molar-refractivity contribution >= 4 is 18.0 Å². The zero-order valence-electron chi connectivity index (χ0n) is 16.9. The summed E-state index contributed by atoms with van der Waals surface area (Å²) >= 11 is 0. The summed E-state index contributed by atoms with van der Waals surface area (Å²) in [6.07, 6.45) is 1.92. The van der Waals surface area contributed by atoms with Crippen LogP contribution in [0.3, 0.4) is 0 Å². The van der Waals surface area contributed by atoms with Crippen molar-refractivity contribution in [2.75, 3.05) is 21.3 Å². The van der Waals surface area contributed by atoms with Crippen LogP contribution in [0.4, 0.5) is 0 Å². The molecule has 0 radical (unpaired) electrons. The average Bonchev–Trinajstić information content (AvgIpc) is 2.76. The molecule has 0 aromatic heterocycles. The monoisotopic (exact) mass is 410 g/mol. The van der Waals surface area contributed by atoms with E-state index in [1.165, 1.54) is 25.3 Å². The number of esters is 1. The van der Waals surface area contributed by atoms with E-state index < -0.39 is 11.9 Å². The van der Waals surface area contributed by atoms with E-state index in [0.717, 1.165) is 5.56 Å². The van der Waals surface area contributed by atoms with E-state index in [2.05, 4.69) is 0 Å². The molecule has 0 bridgehead atoms. The van der Waals surface area contributed by atoms with Crippen LogP contribution in [0.1, 0.15) is 17.5 Å². The first-order valence-electron chi connectivity index (χ1n) is 8.93. The third-order valence-corrected chi connectivity index (χ3v) is 4.17. The van der Waals surface area contributed by atoms with E-state index in [4.69, 9.17) is 29.9 Å². The minimum absolute atomic E-state index is 0.139. The van der Waals surface area contributed by atoms with Gasteiger partial charge in [0.15, 0.2) is 23.0 Å². The van der Waals surface area contributed by atoms with Crippen molar-refractivity contribution in [2.24, 2.45) is 5.73 Å². The molecule has 0 fully saturated rings. The third-order valence-electron chi connectivity index (χ3n) is 4.17. The van der Waals surface area contributed by atoms with Gasteiger partial charge in [0.2, 0.25) is 0 Å². The van der Waals surface area contributed by atoms with Crippen LogP contribution < -0.4 is 24.7 Å². The SMILES string of the molecule is COc1ccc(CCC(=O)Oc2ccc(/C=C(\C#N)C(N)=O)cc2OC)cc1OC. The lowest BCUT2D eigenvalue weighted by atomic mass is 10.1. The van der Waals surface area contributed by atoms with Gasteiger partial charge in [-0.2, -0.15) is 5.26 Å². The maximum absolute atomic E-state index is 12.3. The maximum atomic E-state index is 12.3. The van der Waals surface area contributed by atoms with Gasteiger partial charge in [0, 0.05) is 6.42 Å². The lowest BCUT2D eigenvalue weighted by molar-refractivity contribution is -0.134. The number of carbonyl (C=O) groups is 2. The van der Waals surface area contributed by atoms with Crippen molar-refractivity contribution in [1.29, 1.82) is 5.26 Å². The Kier molecular flexibility index (Phi) is 7.82. The second-order valence-corrected chi connectivity index (χ2v) is 6.11. The van der Waals surface area contributed by atoms with E-state index in [0.29, 0.717) is 23.5 Å².